The zero-order valence-electron chi connectivity index (χ0n) is 7.41. The lowest BCUT2D eigenvalue weighted by molar-refractivity contribution is 0.317. The van der Waals surface area contributed by atoms with Crippen LogP contribution >= 0.6 is 23.2 Å². The van der Waals surface area contributed by atoms with E-state index in [1.165, 1.54) is 4.90 Å². The molecule has 0 bridgehead atoms. The van der Waals surface area contributed by atoms with Crippen molar-refractivity contribution >= 4 is 34.8 Å². The van der Waals surface area contributed by atoms with Crippen molar-refractivity contribution in [3.8, 4) is 0 Å². The van der Waals surface area contributed by atoms with Gasteiger partial charge in [0, 0.05) is 22.8 Å². The van der Waals surface area contributed by atoms with Gasteiger partial charge in [0.1, 0.15) is 0 Å². The molecule has 0 radical (unpaired) electrons. The fourth-order valence-corrected chi connectivity index (χ4v) is 1.45. The van der Waals surface area contributed by atoms with Crippen molar-refractivity contribution in [3.05, 3.63) is 28.2 Å². The number of guanidine groups is 1. The number of benzene rings is 1. The van der Waals surface area contributed by atoms with Crippen LogP contribution in [-0.4, -0.2) is 18.2 Å². The first-order chi connectivity index (χ1) is 6.54. The number of anilines is 1. The van der Waals surface area contributed by atoms with Gasteiger partial charge >= 0.3 is 0 Å². The molecule has 1 aromatic rings. The summed E-state index contributed by atoms with van der Waals surface area (Å²) in [5.41, 5.74) is 6.04. The first kappa shape index (κ1) is 10.9. The van der Waals surface area contributed by atoms with E-state index in [-0.39, 0.29) is 5.96 Å². The maximum Gasteiger partial charge on any atom is 0.237 e. The molecule has 0 aliphatic heterocycles. The van der Waals surface area contributed by atoms with Gasteiger partial charge in [-0.15, -0.1) is 0 Å². The predicted octanol–water partition coefficient (Wildman–Crippen LogP) is 2.13. The molecule has 0 heterocycles. The van der Waals surface area contributed by atoms with Crippen molar-refractivity contribution in [2.45, 2.75) is 0 Å². The minimum absolute atomic E-state index is 0.0386. The van der Waals surface area contributed by atoms with E-state index >= 15 is 0 Å². The molecule has 0 aliphatic rings. The summed E-state index contributed by atoms with van der Waals surface area (Å²) in [5.74, 6) is -0.0386. The molecule has 1 aromatic carbocycles. The van der Waals surface area contributed by atoms with Gasteiger partial charge in [-0.05, 0) is 18.2 Å². The highest BCUT2D eigenvalue weighted by Crippen LogP contribution is 2.24. The standard InChI is InChI=1S/C8H9Cl2N3O/c1-13(8(11)12-14)7-3-5(9)2-6(10)4-7/h2-4,14H,1H3,(H2,11,12). The van der Waals surface area contributed by atoms with Crippen LogP contribution in [-0.2, 0) is 0 Å². The second kappa shape index (κ2) is 4.39. The number of nitrogens with two attached hydrogens (primary N) is 1. The zero-order chi connectivity index (χ0) is 10.7. The SMILES string of the molecule is CN(/C(N)=N/O)c1cc(Cl)cc(Cl)c1. The average Bonchev–Trinajstić information content (AvgIpc) is 2.14. The molecule has 0 saturated carbocycles. The predicted molar refractivity (Wildman–Crippen MR) is 58.3 cm³/mol. The highest BCUT2D eigenvalue weighted by Gasteiger charge is 2.07. The summed E-state index contributed by atoms with van der Waals surface area (Å²) in [5, 5.41) is 12.3. The van der Waals surface area contributed by atoms with Crippen molar-refractivity contribution in [2.24, 2.45) is 10.9 Å². The summed E-state index contributed by atoms with van der Waals surface area (Å²) < 4.78 is 0. The van der Waals surface area contributed by atoms with Gasteiger partial charge in [0.15, 0.2) is 0 Å². The molecule has 6 heteroatoms. The van der Waals surface area contributed by atoms with E-state index in [0.717, 1.165) is 0 Å². The Kier molecular flexibility index (Phi) is 3.43. The molecule has 0 spiro atoms. The molecule has 14 heavy (non-hydrogen) atoms. The lowest BCUT2D eigenvalue weighted by Gasteiger charge is -2.17. The third kappa shape index (κ3) is 2.43. The number of hydrogen-bond donors (Lipinski definition) is 2. The Labute approximate surface area is 91.5 Å². The smallest absolute Gasteiger partial charge is 0.237 e. The minimum Gasteiger partial charge on any atom is -0.408 e. The normalized spacial score (nSPS) is 11.5. The second-order valence-electron chi connectivity index (χ2n) is 2.64. The van der Waals surface area contributed by atoms with Crippen molar-refractivity contribution in [1.82, 2.24) is 0 Å². The van der Waals surface area contributed by atoms with Crippen LogP contribution in [0.4, 0.5) is 5.69 Å². The maximum atomic E-state index is 8.46. The molecule has 0 unspecified atom stereocenters. The van der Waals surface area contributed by atoms with Gasteiger partial charge in [0.2, 0.25) is 5.96 Å². The summed E-state index contributed by atoms with van der Waals surface area (Å²) in [6.45, 7) is 0. The van der Waals surface area contributed by atoms with Crippen molar-refractivity contribution in [2.75, 3.05) is 11.9 Å². The third-order valence-electron chi connectivity index (χ3n) is 1.68. The van der Waals surface area contributed by atoms with Crippen LogP contribution in [0.15, 0.2) is 23.4 Å². The van der Waals surface area contributed by atoms with Crippen LogP contribution in [0.1, 0.15) is 0 Å². The molecule has 0 aromatic heterocycles. The van der Waals surface area contributed by atoms with Crippen molar-refractivity contribution in [1.29, 1.82) is 0 Å². The molecule has 0 aliphatic carbocycles. The van der Waals surface area contributed by atoms with E-state index in [2.05, 4.69) is 5.16 Å². The molecule has 4 nitrogen and oxygen atoms in total. The van der Waals surface area contributed by atoms with Crippen LogP contribution in [0.2, 0.25) is 10.0 Å². The Morgan fingerprint density at radius 3 is 2.29 bits per heavy atom. The van der Waals surface area contributed by atoms with E-state index < -0.39 is 0 Å². The Bertz CT molecular complexity index is 347. The first-order valence-corrected chi connectivity index (χ1v) is 4.47. The number of halogens is 2. The first-order valence-electron chi connectivity index (χ1n) is 3.72. The molecule has 0 amide bonds. The van der Waals surface area contributed by atoms with Crippen LogP contribution in [0, 0.1) is 0 Å². The van der Waals surface area contributed by atoms with Crippen molar-refractivity contribution < 1.29 is 5.21 Å². The average molecular weight is 234 g/mol. The van der Waals surface area contributed by atoms with E-state index in [1.807, 2.05) is 0 Å². The van der Waals surface area contributed by atoms with Gasteiger partial charge in [-0.3, -0.25) is 0 Å². The molecule has 3 N–H and O–H groups in total. The summed E-state index contributed by atoms with van der Waals surface area (Å²) in [6.07, 6.45) is 0. The summed E-state index contributed by atoms with van der Waals surface area (Å²) in [7, 11) is 1.64. The molecule has 76 valence electrons. The number of oxime groups is 1. The highest BCUT2D eigenvalue weighted by molar-refractivity contribution is 6.35. The van der Waals surface area contributed by atoms with Gasteiger partial charge in [-0.2, -0.15) is 0 Å². The molecule has 1 rings (SSSR count). The zero-order valence-corrected chi connectivity index (χ0v) is 8.92. The monoisotopic (exact) mass is 233 g/mol. The van der Waals surface area contributed by atoms with Gasteiger partial charge in [-0.1, -0.05) is 28.4 Å². The Balaban J connectivity index is 3.07. The van der Waals surface area contributed by atoms with Crippen LogP contribution in [0.25, 0.3) is 0 Å². The van der Waals surface area contributed by atoms with Crippen LogP contribution in [0.3, 0.4) is 0 Å². The molecule has 0 fully saturated rings. The number of hydrogen-bond acceptors (Lipinski definition) is 2. The van der Waals surface area contributed by atoms with Gasteiger partial charge in [0.05, 0.1) is 0 Å². The molecular formula is C8H9Cl2N3O. The fraction of sp³-hybridized carbons (Fsp3) is 0.125. The Morgan fingerprint density at radius 2 is 1.86 bits per heavy atom. The topological polar surface area (TPSA) is 61.8 Å². The second-order valence-corrected chi connectivity index (χ2v) is 3.52. The minimum atomic E-state index is -0.0386. The molecule has 0 saturated heterocycles. The lowest BCUT2D eigenvalue weighted by Crippen LogP contribution is -2.33. The van der Waals surface area contributed by atoms with Crippen LogP contribution in [0.5, 0.6) is 0 Å². The third-order valence-corrected chi connectivity index (χ3v) is 2.12. The van der Waals surface area contributed by atoms with Gasteiger partial charge in [0.25, 0.3) is 0 Å². The van der Waals surface area contributed by atoms with Crippen molar-refractivity contribution in [3.63, 3.8) is 0 Å². The highest BCUT2D eigenvalue weighted by atomic mass is 35.5. The summed E-state index contributed by atoms with van der Waals surface area (Å²) >= 11 is 11.6. The fourth-order valence-electron chi connectivity index (χ4n) is 0.932. The number of rotatable bonds is 1. The van der Waals surface area contributed by atoms with E-state index in [1.54, 1.807) is 25.2 Å². The van der Waals surface area contributed by atoms with Gasteiger partial charge < -0.3 is 15.8 Å². The molecule has 0 atom stereocenters. The quantitative estimate of drug-likeness (QED) is 0.338. The van der Waals surface area contributed by atoms with E-state index in [4.69, 9.17) is 34.1 Å². The number of nitrogens with zero attached hydrogens (tertiary/aromatic N) is 2. The summed E-state index contributed by atoms with van der Waals surface area (Å²) in [6, 6.07) is 4.92. The Morgan fingerprint density at radius 1 is 1.36 bits per heavy atom. The summed E-state index contributed by atoms with van der Waals surface area (Å²) in [4.78, 5) is 1.46. The van der Waals surface area contributed by atoms with Crippen LogP contribution < -0.4 is 10.6 Å². The van der Waals surface area contributed by atoms with Gasteiger partial charge in [-0.25, -0.2) is 0 Å². The lowest BCUT2D eigenvalue weighted by atomic mass is 10.3. The maximum absolute atomic E-state index is 8.46. The Hall–Kier alpha value is -1.13. The van der Waals surface area contributed by atoms with E-state index in [0.29, 0.717) is 15.7 Å². The largest absolute Gasteiger partial charge is 0.408 e. The molecular weight excluding hydrogens is 225 g/mol. The van der Waals surface area contributed by atoms with E-state index in [9.17, 15) is 0 Å².